The first-order valence-electron chi connectivity index (χ1n) is 8.11. The Labute approximate surface area is 160 Å². The van der Waals surface area contributed by atoms with E-state index in [0.717, 1.165) is 0 Å². The van der Waals surface area contributed by atoms with Crippen LogP contribution < -0.4 is 4.90 Å². The number of ether oxygens (including phenoxy) is 1. The van der Waals surface area contributed by atoms with Crippen LogP contribution >= 0.6 is 11.3 Å². The van der Waals surface area contributed by atoms with Crippen LogP contribution in [0.4, 0.5) is 10.8 Å². The minimum absolute atomic E-state index is 0.00960. The van der Waals surface area contributed by atoms with Crippen LogP contribution in [0.2, 0.25) is 0 Å². The fourth-order valence-electron chi connectivity index (χ4n) is 2.07. The highest BCUT2D eigenvalue weighted by atomic mass is 32.1. The number of nitro groups is 1. The van der Waals surface area contributed by atoms with Crippen LogP contribution in [0.25, 0.3) is 11.3 Å². The minimum Gasteiger partial charge on any atom is -0.455 e. The summed E-state index contributed by atoms with van der Waals surface area (Å²) in [5, 5.41) is 12.9. The Morgan fingerprint density at radius 3 is 2.59 bits per heavy atom. The Hall–Kier alpha value is -3.07. The Morgan fingerprint density at radius 2 is 2.04 bits per heavy atom. The van der Waals surface area contributed by atoms with Gasteiger partial charge in [0.1, 0.15) is 0 Å². The topological polar surface area (TPSA) is 103 Å². The molecule has 8 nitrogen and oxygen atoms in total. The number of aromatic nitrogens is 1. The molecule has 1 aromatic heterocycles. The zero-order chi connectivity index (χ0) is 20.0. The van der Waals surface area contributed by atoms with Crippen molar-refractivity contribution >= 4 is 34.0 Å². The van der Waals surface area contributed by atoms with Gasteiger partial charge in [0.25, 0.3) is 11.6 Å². The largest absolute Gasteiger partial charge is 0.455 e. The number of anilines is 1. The van der Waals surface area contributed by atoms with Gasteiger partial charge in [-0.25, -0.2) is 4.98 Å². The van der Waals surface area contributed by atoms with Gasteiger partial charge < -0.3 is 4.74 Å². The lowest BCUT2D eigenvalue weighted by Gasteiger charge is -2.18. The van der Waals surface area contributed by atoms with Gasteiger partial charge in [0.2, 0.25) is 0 Å². The highest BCUT2D eigenvalue weighted by Crippen LogP contribution is 2.28. The van der Waals surface area contributed by atoms with Gasteiger partial charge in [-0.1, -0.05) is 19.9 Å². The number of carbonyl (C=O) groups is 2. The molecule has 0 aliphatic carbocycles. The summed E-state index contributed by atoms with van der Waals surface area (Å²) in [4.78, 5) is 40.0. The fourth-order valence-corrected chi connectivity index (χ4v) is 2.93. The van der Waals surface area contributed by atoms with E-state index < -0.39 is 16.8 Å². The van der Waals surface area contributed by atoms with Crippen molar-refractivity contribution in [2.75, 3.05) is 18.1 Å². The Balaban J connectivity index is 2.16. The lowest BCUT2D eigenvalue weighted by Crippen LogP contribution is -2.35. The molecule has 0 fully saturated rings. The molecule has 1 amide bonds. The van der Waals surface area contributed by atoms with Crippen LogP contribution in [-0.4, -0.2) is 34.9 Å². The molecule has 0 N–H and O–H groups in total. The molecular weight excluding hydrogens is 370 g/mol. The molecule has 1 heterocycles. The number of hydrogen-bond acceptors (Lipinski definition) is 7. The second-order valence-corrected chi connectivity index (χ2v) is 6.71. The predicted molar refractivity (Wildman–Crippen MR) is 103 cm³/mol. The molecule has 0 saturated carbocycles. The summed E-state index contributed by atoms with van der Waals surface area (Å²) in [6, 6.07) is 5.99. The molecule has 9 heteroatoms. The summed E-state index contributed by atoms with van der Waals surface area (Å²) in [5.74, 6) is -1.18. The number of esters is 1. The Bertz CT molecular complexity index is 845. The van der Waals surface area contributed by atoms with Crippen LogP contribution in [0.15, 0.2) is 42.3 Å². The van der Waals surface area contributed by atoms with Gasteiger partial charge in [-0.05, 0) is 12.1 Å². The first-order chi connectivity index (χ1) is 12.8. The van der Waals surface area contributed by atoms with Crippen LogP contribution in [0, 0.1) is 16.0 Å². The molecule has 0 unspecified atom stereocenters. The normalized spacial score (nSPS) is 10.5. The predicted octanol–water partition coefficient (Wildman–Crippen LogP) is 3.44. The van der Waals surface area contributed by atoms with E-state index in [1.165, 1.54) is 28.4 Å². The van der Waals surface area contributed by atoms with E-state index in [2.05, 4.69) is 11.6 Å². The number of carbonyl (C=O) groups excluding carboxylic acids is 2. The van der Waals surface area contributed by atoms with Gasteiger partial charge >= 0.3 is 5.97 Å². The second-order valence-electron chi connectivity index (χ2n) is 5.87. The Kier molecular flexibility index (Phi) is 6.78. The van der Waals surface area contributed by atoms with Gasteiger partial charge in [0.15, 0.2) is 11.7 Å². The molecule has 142 valence electrons. The molecular formula is C18H19N3O5S. The monoisotopic (exact) mass is 389 g/mol. The molecule has 0 bridgehead atoms. The molecule has 2 rings (SSSR count). The average molecular weight is 389 g/mol. The van der Waals surface area contributed by atoms with Crippen molar-refractivity contribution in [3.8, 4) is 11.3 Å². The maximum Gasteiger partial charge on any atom is 0.308 e. The first-order valence-corrected chi connectivity index (χ1v) is 8.99. The van der Waals surface area contributed by atoms with E-state index in [4.69, 9.17) is 4.74 Å². The van der Waals surface area contributed by atoms with Crippen molar-refractivity contribution < 1.29 is 19.2 Å². The van der Waals surface area contributed by atoms with E-state index in [1.54, 1.807) is 37.4 Å². The lowest BCUT2D eigenvalue weighted by molar-refractivity contribution is -0.384. The third kappa shape index (κ3) is 5.20. The van der Waals surface area contributed by atoms with Gasteiger partial charge in [-0.2, -0.15) is 0 Å². The number of thiazole rings is 1. The van der Waals surface area contributed by atoms with Crippen molar-refractivity contribution in [3.63, 3.8) is 0 Å². The minimum atomic E-state index is -0.473. The van der Waals surface area contributed by atoms with Gasteiger partial charge in [0, 0.05) is 29.6 Å². The van der Waals surface area contributed by atoms with Crippen LogP contribution in [0.1, 0.15) is 13.8 Å². The Morgan fingerprint density at radius 1 is 1.37 bits per heavy atom. The lowest BCUT2D eigenvalue weighted by atomic mass is 10.1. The van der Waals surface area contributed by atoms with Crippen LogP contribution in [-0.2, 0) is 14.3 Å². The second kappa shape index (κ2) is 9.04. The molecule has 0 radical (unpaired) electrons. The number of nitrogens with zero attached hydrogens (tertiary/aromatic N) is 3. The molecule has 0 aliphatic heterocycles. The van der Waals surface area contributed by atoms with Crippen molar-refractivity contribution in [1.82, 2.24) is 4.98 Å². The summed E-state index contributed by atoms with van der Waals surface area (Å²) in [5.41, 5.74) is 1.27. The molecule has 0 atom stereocenters. The molecule has 27 heavy (non-hydrogen) atoms. The zero-order valence-corrected chi connectivity index (χ0v) is 15.8. The number of benzene rings is 1. The van der Waals surface area contributed by atoms with Crippen molar-refractivity contribution in [2.24, 2.45) is 5.92 Å². The van der Waals surface area contributed by atoms with E-state index >= 15 is 0 Å². The number of amides is 1. The van der Waals surface area contributed by atoms with Crippen LogP contribution in [0.5, 0.6) is 0 Å². The maximum atomic E-state index is 12.4. The third-order valence-electron chi connectivity index (χ3n) is 3.52. The molecule has 0 aliphatic rings. The maximum absolute atomic E-state index is 12.4. The van der Waals surface area contributed by atoms with E-state index in [0.29, 0.717) is 16.4 Å². The highest BCUT2D eigenvalue weighted by molar-refractivity contribution is 7.14. The zero-order valence-electron chi connectivity index (χ0n) is 15.0. The summed E-state index contributed by atoms with van der Waals surface area (Å²) in [7, 11) is 0. The highest BCUT2D eigenvalue weighted by Gasteiger charge is 2.21. The summed E-state index contributed by atoms with van der Waals surface area (Å²) in [6.45, 7) is 6.84. The molecule has 1 aromatic carbocycles. The molecule has 0 spiro atoms. The standard InChI is InChI=1S/C18H19N3O5S/c1-4-9-20(16(22)10-26-17(23)12(2)3)18-19-15(11-27-18)13-5-7-14(8-6-13)21(24)25/h4-8,11-12H,1,9-10H2,2-3H3. The van der Waals surface area contributed by atoms with Crippen molar-refractivity contribution in [3.05, 3.63) is 52.4 Å². The number of nitro benzene ring substituents is 1. The van der Waals surface area contributed by atoms with Gasteiger partial charge in [0.05, 0.1) is 16.5 Å². The molecule has 0 saturated heterocycles. The third-order valence-corrected chi connectivity index (χ3v) is 4.38. The summed E-state index contributed by atoms with van der Waals surface area (Å²) >= 11 is 1.24. The first kappa shape index (κ1) is 20.2. The number of non-ortho nitro benzene ring substituents is 1. The summed E-state index contributed by atoms with van der Waals surface area (Å²) in [6.07, 6.45) is 1.55. The number of rotatable bonds is 8. The SMILES string of the molecule is C=CCN(C(=O)COC(=O)C(C)C)c1nc(-c2ccc([N+](=O)[O-])cc2)cs1. The fraction of sp³-hybridized carbons (Fsp3) is 0.278. The van der Waals surface area contributed by atoms with Gasteiger partial charge in [-0.15, -0.1) is 17.9 Å². The van der Waals surface area contributed by atoms with E-state index in [-0.39, 0.29) is 24.8 Å². The quantitative estimate of drug-likeness (QED) is 0.297. The molecule has 2 aromatic rings. The smallest absolute Gasteiger partial charge is 0.308 e. The van der Waals surface area contributed by atoms with Gasteiger partial charge in [-0.3, -0.25) is 24.6 Å². The summed E-state index contributed by atoms with van der Waals surface area (Å²) < 4.78 is 4.99. The van der Waals surface area contributed by atoms with Crippen molar-refractivity contribution in [1.29, 1.82) is 0 Å². The van der Waals surface area contributed by atoms with E-state index in [1.807, 2.05) is 0 Å². The average Bonchev–Trinajstić information content (AvgIpc) is 3.13. The van der Waals surface area contributed by atoms with Crippen LogP contribution in [0.3, 0.4) is 0 Å². The van der Waals surface area contributed by atoms with Crippen molar-refractivity contribution in [2.45, 2.75) is 13.8 Å². The van der Waals surface area contributed by atoms with E-state index in [9.17, 15) is 19.7 Å². The number of hydrogen-bond donors (Lipinski definition) is 0.